The summed E-state index contributed by atoms with van der Waals surface area (Å²) >= 11 is 0. The minimum Gasteiger partial charge on any atom is -0.381 e. The summed E-state index contributed by atoms with van der Waals surface area (Å²) in [5.41, 5.74) is 1.27. The maximum atomic E-state index is 5.59. The first-order valence-corrected chi connectivity index (χ1v) is 8.22. The molecule has 5 heteroatoms. The van der Waals surface area contributed by atoms with Crippen LogP contribution in [0.3, 0.4) is 0 Å². The molecule has 1 N–H and O–H groups in total. The first-order valence-electron chi connectivity index (χ1n) is 8.22. The van der Waals surface area contributed by atoms with E-state index in [1.807, 2.05) is 0 Å². The van der Waals surface area contributed by atoms with Gasteiger partial charge >= 0.3 is 0 Å². The third-order valence-corrected chi connectivity index (χ3v) is 3.31. The SMILES string of the molecule is CCNC(=NCCCOCC(C)C)N(C)Cc1cccn1C. The van der Waals surface area contributed by atoms with Crippen molar-refractivity contribution in [3.8, 4) is 0 Å². The molecule has 0 radical (unpaired) electrons. The van der Waals surface area contributed by atoms with Gasteiger partial charge in [-0.3, -0.25) is 4.99 Å². The minimum atomic E-state index is 0.595. The van der Waals surface area contributed by atoms with Crippen LogP contribution in [0.4, 0.5) is 0 Å². The summed E-state index contributed by atoms with van der Waals surface area (Å²) in [5.74, 6) is 1.55. The Morgan fingerprint density at radius 3 is 2.82 bits per heavy atom. The van der Waals surface area contributed by atoms with Crippen LogP contribution in [0.5, 0.6) is 0 Å². The highest BCUT2D eigenvalue weighted by Gasteiger charge is 2.07. The van der Waals surface area contributed by atoms with E-state index < -0.39 is 0 Å². The Labute approximate surface area is 135 Å². The van der Waals surface area contributed by atoms with Gasteiger partial charge in [0.05, 0.1) is 6.54 Å². The Morgan fingerprint density at radius 2 is 2.23 bits per heavy atom. The zero-order chi connectivity index (χ0) is 16.4. The molecule has 1 heterocycles. The van der Waals surface area contributed by atoms with E-state index in [0.29, 0.717) is 5.92 Å². The summed E-state index contributed by atoms with van der Waals surface area (Å²) < 4.78 is 7.73. The third-order valence-electron chi connectivity index (χ3n) is 3.31. The zero-order valence-electron chi connectivity index (χ0n) is 14.8. The van der Waals surface area contributed by atoms with E-state index in [1.54, 1.807) is 0 Å². The molecule has 1 aromatic rings. The van der Waals surface area contributed by atoms with Gasteiger partial charge in [-0.25, -0.2) is 0 Å². The summed E-state index contributed by atoms with van der Waals surface area (Å²) in [5, 5.41) is 3.35. The third kappa shape index (κ3) is 6.98. The highest BCUT2D eigenvalue weighted by atomic mass is 16.5. The molecule has 22 heavy (non-hydrogen) atoms. The maximum Gasteiger partial charge on any atom is 0.194 e. The number of aromatic nitrogens is 1. The highest BCUT2D eigenvalue weighted by Crippen LogP contribution is 2.04. The maximum absolute atomic E-state index is 5.59. The second-order valence-electron chi connectivity index (χ2n) is 6.02. The molecular formula is C17H32N4O. The van der Waals surface area contributed by atoms with Gasteiger partial charge in [-0.05, 0) is 31.4 Å². The Hall–Kier alpha value is -1.49. The lowest BCUT2D eigenvalue weighted by molar-refractivity contribution is 0.109. The molecule has 0 aliphatic rings. The number of nitrogens with zero attached hydrogens (tertiary/aromatic N) is 3. The molecule has 0 saturated carbocycles. The van der Waals surface area contributed by atoms with Crippen LogP contribution >= 0.6 is 0 Å². The van der Waals surface area contributed by atoms with Crippen LogP contribution in [0.2, 0.25) is 0 Å². The molecule has 0 saturated heterocycles. The Bertz CT molecular complexity index is 440. The lowest BCUT2D eigenvalue weighted by atomic mass is 10.2. The number of ether oxygens (including phenoxy) is 1. The van der Waals surface area contributed by atoms with Crippen molar-refractivity contribution in [3.63, 3.8) is 0 Å². The van der Waals surface area contributed by atoms with Crippen molar-refractivity contribution < 1.29 is 4.74 Å². The normalized spacial score (nSPS) is 12.0. The monoisotopic (exact) mass is 308 g/mol. The standard InChI is InChI=1S/C17H32N4O/c1-6-18-17(19-10-8-12-22-14-15(2)3)21(5)13-16-9-7-11-20(16)4/h7,9,11,15H,6,8,10,12-14H2,1-5H3,(H,18,19). The summed E-state index contributed by atoms with van der Waals surface area (Å²) in [6.07, 6.45) is 3.03. The molecule has 0 aliphatic carbocycles. The number of rotatable bonds is 9. The summed E-state index contributed by atoms with van der Waals surface area (Å²) in [4.78, 5) is 6.84. The number of hydrogen-bond acceptors (Lipinski definition) is 2. The molecule has 1 aromatic heterocycles. The second-order valence-corrected chi connectivity index (χ2v) is 6.02. The van der Waals surface area contributed by atoms with Crippen molar-refractivity contribution in [2.75, 3.05) is 33.4 Å². The van der Waals surface area contributed by atoms with Crippen molar-refractivity contribution in [2.24, 2.45) is 18.0 Å². The van der Waals surface area contributed by atoms with Gasteiger partial charge in [-0.1, -0.05) is 13.8 Å². The first kappa shape index (κ1) is 18.6. The van der Waals surface area contributed by atoms with E-state index in [-0.39, 0.29) is 0 Å². The molecule has 0 aromatic carbocycles. The number of aliphatic imine (C=N–C) groups is 1. The molecule has 0 aliphatic heterocycles. The van der Waals surface area contributed by atoms with E-state index in [9.17, 15) is 0 Å². The highest BCUT2D eigenvalue weighted by molar-refractivity contribution is 5.79. The molecule has 0 spiro atoms. The van der Waals surface area contributed by atoms with Crippen LogP contribution in [0, 0.1) is 5.92 Å². The fraction of sp³-hybridized carbons (Fsp3) is 0.706. The Kier molecular flexibility index (Phi) is 8.67. The average molecular weight is 308 g/mol. The Balaban J connectivity index is 2.42. The zero-order valence-corrected chi connectivity index (χ0v) is 14.8. The van der Waals surface area contributed by atoms with Crippen molar-refractivity contribution in [1.82, 2.24) is 14.8 Å². The van der Waals surface area contributed by atoms with Gasteiger partial charge in [0, 0.05) is 52.3 Å². The molecule has 1 rings (SSSR count). The van der Waals surface area contributed by atoms with E-state index in [4.69, 9.17) is 4.74 Å². The molecule has 126 valence electrons. The van der Waals surface area contributed by atoms with Gasteiger partial charge in [-0.15, -0.1) is 0 Å². The molecular weight excluding hydrogens is 276 g/mol. The van der Waals surface area contributed by atoms with Crippen molar-refractivity contribution >= 4 is 5.96 Å². The molecule has 0 atom stereocenters. The van der Waals surface area contributed by atoms with Gasteiger partial charge in [0.1, 0.15) is 0 Å². The lowest BCUT2D eigenvalue weighted by Crippen LogP contribution is -2.39. The van der Waals surface area contributed by atoms with Gasteiger partial charge in [0.15, 0.2) is 5.96 Å². The van der Waals surface area contributed by atoms with Gasteiger partial charge in [0.2, 0.25) is 0 Å². The number of nitrogens with one attached hydrogen (secondary N) is 1. The van der Waals surface area contributed by atoms with Crippen molar-refractivity contribution in [3.05, 3.63) is 24.0 Å². The lowest BCUT2D eigenvalue weighted by Gasteiger charge is -2.22. The van der Waals surface area contributed by atoms with Crippen molar-refractivity contribution in [1.29, 1.82) is 0 Å². The molecule has 0 bridgehead atoms. The minimum absolute atomic E-state index is 0.595. The number of aryl methyl sites for hydroxylation is 1. The molecule has 0 amide bonds. The topological polar surface area (TPSA) is 41.8 Å². The van der Waals surface area contributed by atoms with Gasteiger partial charge in [0.25, 0.3) is 0 Å². The van der Waals surface area contributed by atoms with E-state index in [1.165, 1.54) is 5.69 Å². The van der Waals surface area contributed by atoms with Crippen LogP contribution in [0.1, 0.15) is 32.9 Å². The number of guanidine groups is 1. The van der Waals surface area contributed by atoms with E-state index >= 15 is 0 Å². The molecule has 0 fully saturated rings. The summed E-state index contributed by atoms with van der Waals surface area (Å²) in [6.45, 7) is 10.6. The predicted molar refractivity (Wildman–Crippen MR) is 93.1 cm³/mol. The van der Waals surface area contributed by atoms with E-state index in [0.717, 1.165) is 45.2 Å². The largest absolute Gasteiger partial charge is 0.381 e. The molecule has 5 nitrogen and oxygen atoms in total. The Morgan fingerprint density at radius 1 is 1.45 bits per heavy atom. The smallest absolute Gasteiger partial charge is 0.194 e. The van der Waals surface area contributed by atoms with Crippen LogP contribution in [-0.2, 0) is 18.3 Å². The summed E-state index contributed by atoms with van der Waals surface area (Å²) in [6, 6.07) is 4.21. The predicted octanol–water partition coefficient (Wildman–Crippen LogP) is 2.49. The van der Waals surface area contributed by atoms with Crippen LogP contribution in [0.25, 0.3) is 0 Å². The van der Waals surface area contributed by atoms with Crippen LogP contribution in [0.15, 0.2) is 23.3 Å². The van der Waals surface area contributed by atoms with Gasteiger partial charge in [-0.2, -0.15) is 0 Å². The molecule has 0 unspecified atom stereocenters. The average Bonchev–Trinajstić information content (AvgIpc) is 2.86. The van der Waals surface area contributed by atoms with Crippen LogP contribution < -0.4 is 5.32 Å². The summed E-state index contributed by atoms with van der Waals surface area (Å²) in [7, 11) is 4.14. The second kappa shape index (κ2) is 10.3. The van der Waals surface area contributed by atoms with Crippen LogP contribution in [-0.4, -0.2) is 48.8 Å². The number of hydrogen-bond donors (Lipinski definition) is 1. The fourth-order valence-corrected chi connectivity index (χ4v) is 2.12. The van der Waals surface area contributed by atoms with Gasteiger partial charge < -0.3 is 19.5 Å². The first-order chi connectivity index (χ1) is 10.5. The van der Waals surface area contributed by atoms with Crippen molar-refractivity contribution in [2.45, 2.75) is 33.7 Å². The quantitative estimate of drug-likeness (QED) is 0.433. The fourth-order valence-electron chi connectivity index (χ4n) is 2.12. The van der Waals surface area contributed by atoms with E-state index in [2.05, 4.69) is 73.0 Å².